The third-order valence-electron chi connectivity index (χ3n) is 2.82. The Morgan fingerprint density at radius 1 is 0.875 bits per heavy atom. The van der Waals surface area contributed by atoms with Gasteiger partial charge in [0.1, 0.15) is 5.75 Å². The van der Waals surface area contributed by atoms with E-state index in [0.717, 1.165) is 24.3 Å². The van der Waals surface area contributed by atoms with Crippen LogP contribution in [0.15, 0.2) is 24.3 Å². The number of benzene rings is 1. The predicted molar refractivity (Wildman–Crippen MR) is 70.2 cm³/mol. The summed E-state index contributed by atoms with van der Waals surface area (Å²) >= 11 is 5.61. The fourth-order valence-electron chi connectivity index (χ4n) is 1.84. The maximum atomic E-state index is 9.57. The number of phenols is 1. The van der Waals surface area contributed by atoms with Crippen LogP contribution < -0.4 is 0 Å². The molecule has 1 rings (SSSR count). The molecule has 0 bridgehead atoms. The molecule has 0 unspecified atom stereocenters. The van der Waals surface area contributed by atoms with Gasteiger partial charge in [-0.2, -0.15) is 0 Å². The zero-order valence-electron chi connectivity index (χ0n) is 9.79. The summed E-state index contributed by atoms with van der Waals surface area (Å²) in [4.78, 5) is 0. The maximum absolute atomic E-state index is 9.57. The molecule has 0 heterocycles. The molecule has 0 aliphatic heterocycles. The summed E-state index contributed by atoms with van der Waals surface area (Å²) in [5.41, 5.74) is 1.07. The summed E-state index contributed by atoms with van der Waals surface area (Å²) in [5, 5.41) is 9.57. The Balaban J connectivity index is 2.05. The Bertz CT molecular complexity index is 286. The van der Waals surface area contributed by atoms with Gasteiger partial charge in [-0.25, -0.2) is 0 Å². The molecule has 0 saturated carbocycles. The van der Waals surface area contributed by atoms with E-state index in [1.807, 2.05) is 18.2 Å². The molecule has 0 atom stereocenters. The Morgan fingerprint density at radius 3 is 2.19 bits per heavy atom. The predicted octanol–water partition coefficient (Wildman–Crippen LogP) is 4.51. The molecule has 16 heavy (non-hydrogen) atoms. The third-order valence-corrected chi connectivity index (χ3v) is 3.09. The number of alkyl halides is 1. The van der Waals surface area contributed by atoms with Crippen LogP contribution >= 0.6 is 11.6 Å². The monoisotopic (exact) mass is 240 g/mol. The van der Waals surface area contributed by atoms with Gasteiger partial charge in [0.2, 0.25) is 0 Å². The first-order valence-corrected chi connectivity index (χ1v) is 6.71. The van der Waals surface area contributed by atoms with Crippen LogP contribution in [0.1, 0.15) is 44.1 Å². The molecule has 0 saturated heterocycles. The van der Waals surface area contributed by atoms with Crippen molar-refractivity contribution in [3.05, 3.63) is 29.8 Å². The minimum atomic E-state index is 0.435. The van der Waals surface area contributed by atoms with Gasteiger partial charge in [0.25, 0.3) is 0 Å². The van der Waals surface area contributed by atoms with Crippen molar-refractivity contribution in [2.75, 3.05) is 5.88 Å². The van der Waals surface area contributed by atoms with E-state index in [2.05, 4.69) is 0 Å². The fourth-order valence-corrected chi connectivity index (χ4v) is 2.03. The molecule has 90 valence electrons. The molecule has 0 spiro atoms. The Labute approximate surface area is 103 Å². The second-order valence-corrected chi connectivity index (χ2v) is 4.57. The summed E-state index contributed by atoms with van der Waals surface area (Å²) in [7, 11) is 0. The van der Waals surface area contributed by atoms with Gasteiger partial charge in [0.15, 0.2) is 0 Å². The molecule has 0 fully saturated rings. The lowest BCUT2D eigenvalue weighted by Crippen LogP contribution is -1.87. The molecule has 1 nitrogen and oxygen atoms in total. The minimum Gasteiger partial charge on any atom is -0.508 e. The van der Waals surface area contributed by atoms with Crippen LogP contribution in [0.2, 0.25) is 0 Å². The van der Waals surface area contributed by atoms with Crippen molar-refractivity contribution in [3.63, 3.8) is 0 Å². The quantitative estimate of drug-likeness (QED) is 0.524. The number of aromatic hydroxyl groups is 1. The van der Waals surface area contributed by atoms with E-state index < -0.39 is 0 Å². The van der Waals surface area contributed by atoms with E-state index in [1.54, 1.807) is 6.07 Å². The SMILES string of the molecule is Oc1ccccc1CCCCCCCCCl. The molecule has 2 heteroatoms. The minimum absolute atomic E-state index is 0.435. The maximum Gasteiger partial charge on any atom is 0.118 e. The highest BCUT2D eigenvalue weighted by Gasteiger charge is 1.98. The van der Waals surface area contributed by atoms with Crippen molar-refractivity contribution in [2.45, 2.75) is 44.9 Å². The topological polar surface area (TPSA) is 20.2 Å². The first-order chi connectivity index (χ1) is 7.84. The largest absolute Gasteiger partial charge is 0.508 e. The molecule has 1 aromatic carbocycles. The molecule has 0 radical (unpaired) electrons. The highest BCUT2D eigenvalue weighted by molar-refractivity contribution is 6.17. The summed E-state index contributed by atoms with van der Waals surface area (Å²) in [6, 6.07) is 7.61. The molecule has 1 N–H and O–H groups in total. The molecular weight excluding hydrogens is 220 g/mol. The van der Waals surface area contributed by atoms with E-state index in [9.17, 15) is 5.11 Å². The second kappa shape index (κ2) is 8.46. The highest BCUT2D eigenvalue weighted by Crippen LogP contribution is 2.18. The molecule has 0 aromatic heterocycles. The number of hydrogen-bond donors (Lipinski definition) is 1. The number of unbranched alkanes of at least 4 members (excludes halogenated alkanes) is 5. The fraction of sp³-hybridized carbons (Fsp3) is 0.571. The Kier molecular flexibility index (Phi) is 7.07. The van der Waals surface area contributed by atoms with Gasteiger partial charge in [-0.1, -0.05) is 43.9 Å². The van der Waals surface area contributed by atoms with Crippen LogP contribution in [0.5, 0.6) is 5.75 Å². The molecule has 0 aliphatic carbocycles. The Morgan fingerprint density at radius 2 is 1.50 bits per heavy atom. The summed E-state index contributed by atoms with van der Waals surface area (Å²) < 4.78 is 0. The van der Waals surface area contributed by atoms with Crippen LogP contribution in [0.25, 0.3) is 0 Å². The molecule has 1 aromatic rings. The lowest BCUT2D eigenvalue weighted by Gasteiger charge is -2.04. The number of para-hydroxylation sites is 1. The van der Waals surface area contributed by atoms with Crippen molar-refractivity contribution < 1.29 is 5.11 Å². The zero-order valence-corrected chi connectivity index (χ0v) is 10.5. The van der Waals surface area contributed by atoms with Crippen molar-refractivity contribution in [3.8, 4) is 5.75 Å². The lowest BCUT2D eigenvalue weighted by molar-refractivity contribution is 0.466. The summed E-state index contributed by atoms with van der Waals surface area (Å²) in [6.45, 7) is 0. The van der Waals surface area contributed by atoms with Gasteiger partial charge in [-0.05, 0) is 30.9 Å². The summed E-state index contributed by atoms with van der Waals surface area (Å²) in [5.74, 6) is 1.22. The normalized spacial score (nSPS) is 10.6. The highest BCUT2D eigenvalue weighted by atomic mass is 35.5. The van der Waals surface area contributed by atoms with Crippen LogP contribution in [0.3, 0.4) is 0 Å². The van der Waals surface area contributed by atoms with Crippen molar-refractivity contribution in [1.82, 2.24) is 0 Å². The van der Waals surface area contributed by atoms with Crippen LogP contribution in [-0.2, 0) is 6.42 Å². The molecule has 0 aliphatic rings. The lowest BCUT2D eigenvalue weighted by atomic mass is 10.0. The number of phenolic OH excluding ortho intramolecular Hbond substituents is 1. The van der Waals surface area contributed by atoms with E-state index in [1.165, 1.54) is 32.1 Å². The number of halogens is 1. The average Bonchev–Trinajstić information content (AvgIpc) is 2.30. The van der Waals surface area contributed by atoms with E-state index >= 15 is 0 Å². The van der Waals surface area contributed by atoms with Crippen molar-refractivity contribution >= 4 is 11.6 Å². The van der Waals surface area contributed by atoms with Gasteiger partial charge in [-0.15, -0.1) is 11.6 Å². The van der Waals surface area contributed by atoms with Gasteiger partial charge < -0.3 is 5.11 Å². The number of aryl methyl sites for hydroxylation is 1. The van der Waals surface area contributed by atoms with Gasteiger partial charge >= 0.3 is 0 Å². The van der Waals surface area contributed by atoms with E-state index in [0.29, 0.717) is 5.75 Å². The average molecular weight is 241 g/mol. The van der Waals surface area contributed by atoms with Crippen molar-refractivity contribution in [1.29, 1.82) is 0 Å². The van der Waals surface area contributed by atoms with Gasteiger partial charge in [-0.3, -0.25) is 0 Å². The van der Waals surface area contributed by atoms with E-state index in [4.69, 9.17) is 11.6 Å². The van der Waals surface area contributed by atoms with Crippen LogP contribution in [-0.4, -0.2) is 11.0 Å². The van der Waals surface area contributed by atoms with Crippen LogP contribution in [0.4, 0.5) is 0 Å². The van der Waals surface area contributed by atoms with Gasteiger partial charge in [0.05, 0.1) is 0 Å². The first kappa shape index (κ1) is 13.4. The van der Waals surface area contributed by atoms with Crippen molar-refractivity contribution in [2.24, 2.45) is 0 Å². The van der Waals surface area contributed by atoms with Crippen LogP contribution in [0, 0.1) is 0 Å². The van der Waals surface area contributed by atoms with Gasteiger partial charge in [0, 0.05) is 5.88 Å². The third kappa shape index (κ3) is 5.41. The number of rotatable bonds is 8. The zero-order chi connectivity index (χ0) is 11.6. The first-order valence-electron chi connectivity index (χ1n) is 6.17. The number of hydrogen-bond acceptors (Lipinski definition) is 1. The molecular formula is C14H21ClO. The molecule has 0 amide bonds. The summed E-state index contributed by atoms with van der Waals surface area (Å²) in [6.07, 6.45) is 8.36. The van der Waals surface area contributed by atoms with E-state index in [-0.39, 0.29) is 0 Å². The smallest absolute Gasteiger partial charge is 0.118 e. The second-order valence-electron chi connectivity index (χ2n) is 4.19. The standard InChI is InChI=1S/C14H21ClO/c15-12-8-4-2-1-3-5-9-13-10-6-7-11-14(13)16/h6-7,10-11,16H,1-5,8-9,12H2. The Hall–Kier alpha value is -0.690.